The van der Waals surface area contributed by atoms with Crippen molar-refractivity contribution in [1.82, 2.24) is 9.80 Å². The fraction of sp³-hybridized carbons (Fsp3) is 0.300. The van der Waals surface area contributed by atoms with E-state index in [1.807, 2.05) is 0 Å². The Bertz CT molecular complexity index is 855. The van der Waals surface area contributed by atoms with Crippen molar-refractivity contribution in [3.05, 3.63) is 58.4 Å². The Morgan fingerprint density at radius 2 is 1.32 bits per heavy atom. The fourth-order valence-corrected chi connectivity index (χ4v) is 3.44. The topological polar surface area (TPSA) is 59.1 Å². The number of carbonyl (C=O) groups is 2. The maximum atomic E-state index is 14.0. The zero-order valence-corrected chi connectivity index (χ0v) is 16.3. The van der Waals surface area contributed by atoms with Crippen LogP contribution in [0.4, 0.5) is 4.39 Å². The highest BCUT2D eigenvalue weighted by Gasteiger charge is 2.30. The number of carbonyl (C=O) groups excluding carboxylic acids is 2. The molecule has 0 radical (unpaired) electrons. The van der Waals surface area contributed by atoms with Gasteiger partial charge in [-0.15, -0.1) is 0 Å². The minimum Gasteiger partial charge on any atom is -0.496 e. The Kier molecular flexibility index (Phi) is 6.04. The van der Waals surface area contributed by atoms with Crippen molar-refractivity contribution in [3.63, 3.8) is 0 Å². The Balaban J connectivity index is 1.74. The van der Waals surface area contributed by atoms with E-state index < -0.39 is 11.7 Å². The highest BCUT2D eigenvalue weighted by atomic mass is 35.5. The lowest BCUT2D eigenvalue weighted by Crippen LogP contribution is -2.50. The van der Waals surface area contributed by atoms with Crippen LogP contribution in [-0.4, -0.2) is 62.0 Å². The molecule has 2 aromatic carbocycles. The number of hydrogen-bond donors (Lipinski definition) is 0. The molecule has 0 saturated carbocycles. The number of amides is 2. The summed E-state index contributed by atoms with van der Waals surface area (Å²) >= 11 is 5.99. The normalized spacial score (nSPS) is 14.0. The zero-order chi connectivity index (χ0) is 20.3. The van der Waals surface area contributed by atoms with Crippen LogP contribution in [0.25, 0.3) is 0 Å². The fourth-order valence-electron chi connectivity index (χ4n) is 3.19. The largest absolute Gasteiger partial charge is 0.496 e. The summed E-state index contributed by atoms with van der Waals surface area (Å²) in [5, 5.41) is 0.0715. The maximum absolute atomic E-state index is 14.0. The van der Waals surface area contributed by atoms with Gasteiger partial charge in [0, 0.05) is 26.2 Å². The Morgan fingerprint density at radius 3 is 1.79 bits per heavy atom. The van der Waals surface area contributed by atoms with Crippen molar-refractivity contribution in [2.24, 2.45) is 0 Å². The summed E-state index contributed by atoms with van der Waals surface area (Å²) in [5.74, 6) is -0.549. The Morgan fingerprint density at radius 1 is 0.857 bits per heavy atom. The molecule has 6 nitrogen and oxygen atoms in total. The van der Waals surface area contributed by atoms with Crippen LogP contribution >= 0.6 is 11.6 Å². The highest BCUT2D eigenvalue weighted by Crippen LogP contribution is 2.30. The number of methoxy groups -OCH3 is 2. The molecule has 1 aliphatic rings. The van der Waals surface area contributed by atoms with Crippen molar-refractivity contribution >= 4 is 23.4 Å². The van der Waals surface area contributed by atoms with E-state index in [-0.39, 0.29) is 29.6 Å². The molecule has 0 aliphatic carbocycles. The van der Waals surface area contributed by atoms with Crippen LogP contribution in [0, 0.1) is 5.82 Å². The van der Waals surface area contributed by atoms with Crippen molar-refractivity contribution in [3.8, 4) is 11.5 Å². The van der Waals surface area contributed by atoms with Gasteiger partial charge in [-0.25, -0.2) is 4.39 Å². The highest BCUT2D eigenvalue weighted by molar-refractivity contribution is 6.33. The van der Waals surface area contributed by atoms with E-state index in [9.17, 15) is 14.0 Å². The van der Waals surface area contributed by atoms with Crippen LogP contribution in [0.5, 0.6) is 11.5 Å². The van der Waals surface area contributed by atoms with Gasteiger partial charge in [0.1, 0.15) is 22.9 Å². The molecule has 0 N–H and O–H groups in total. The lowest BCUT2D eigenvalue weighted by molar-refractivity contribution is 0.0529. The number of halogens is 2. The molecular formula is C20H20ClFN2O4. The molecule has 28 heavy (non-hydrogen) atoms. The molecule has 8 heteroatoms. The first-order valence-corrected chi connectivity index (χ1v) is 9.09. The molecule has 2 aromatic rings. The van der Waals surface area contributed by atoms with Crippen molar-refractivity contribution in [2.75, 3.05) is 40.4 Å². The zero-order valence-electron chi connectivity index (χ0n) is 15.6. The molecule has 3 rings (SSSR count). The van der Waals surface area contributed by atoms with E-state index in [4.69, 9.17) is 21.1 Å². The molecule has 2 amide bonds. The number of benzene rings is 2. The van der Waals surface area contributed by atoms with E-state index >= 15 is 0 Å². The van der Waals surface area contributed by atoms with Crippen LogP contribution in [0.1, 0.15) is 20.7 Å². The minimum absolute atomic E-state index is 0.0715. The average molecular weight is 407 g/mol. The standard InChI is InChI=1S/C20H20ClFN2O4/c1-27-15-7-4-8-16(28-2)18(15)20(26)24-11-9-23(10-12-24)19(25)17-13(21)5-3-6-14(17)22/h3-8H,9-12H2,1-2H3. The van der Waals surface area contributed by atoms with Crippen LogP contribution in [0.15, 0.2) is 36.4 Å². The molecule has 1 heterocycles. The lowest BCUT2D eigenvalue weighted by Gasteiger charge is -2.35. The summed E-state index contributed by atoms with van der Waals surface area (Å²) in [5.41, 5.74) is 0.194. The van der Waals surface area contributed by atoms with Crippen LogP contribution < -0.4 is 9.47 Å². The number of ether oxygens (including phenoxy) is 2. The summed E-state index contributed by atoms with van der Waals surface area (Å²) in [6, 6.07) is 9.25. The minimum atomic E-state index is -0.658. The summed E-state index contributed by atoms with van der Waals surface area (Å²) in [6.45, 7) is 1.15. The summed E-state index contributed by atoms with van der Waals surface area (Å²) < 4.78 is 24.6. The lowest BCUT2D eigenvalue weighted by atomic mass is 10.1. The Hall–Kier alpha value is -2.80. The second-order valence-electron chi connectivity index (χ2n) is 6.22. The molecule has 0 bridgehead atoms. The third-order valence-corrected chi connectivity index (χ3v) is 4.99. The van der Waals surface area contributed by atoms with Gasteiger partial charge in [0.15, 0.2) is 0 Å². The van der Waals surface area contributed by atoms with Gasteiger partial charge in [-0.3, -0.25) is 9.59 Å². The molecular weight excluding hydrogens is 387 g/mol. The SMILES string of the molecule is COc1cccc(OC)c1C(=O)N1CCN(C(=O)c2c(F)cccc2Cl)CC1. The molecule has 0 atom stereocenters. The number of hydrogen-bond acceptors (Lipinski definition) is 4. The monoisotopic (exact) mass is 406 g/mol. The van der Waals surface area contributed by atoms with Gasteiger partial charge in [-0.05, 0) is 24.3 Å². The molecule has 1 saturated heterocycles. The quantitative estimate of drug-likeness (QED) is 0.783. The van der Waals surface area contributed by atoms with Gasteiger partial charge in [0.05, 0.1) is 24.8 Å². The van der Waals surface area contributed by atoms with E-state index in [1.165, 1.54) is 37.3 Å². The van der Waals surface area contributed by atoms with Crippen LogP contribution in [-0.2, 0) is 0 Å². The van der Waals surface area contributed by atoms with Crippen molar-refractivity contribution < 1.29 is 23.5 Å². The van der Waals surface area contributed by atoms with E-state index in [2.05, 4.69) is 0 Å². The van der Waals surface area contributed by atoms with Gasteiger partial charge >= 0.3 is 0 Å². The maximum Gasteiger partial charge on any atom is 0.261 e. The van der Waals surface area contributed by atoms with Crippen molar-refractivity contribution in [2.45, 2.75) is 0 Å². The molecule has 1 fully saturated rings. The predicted octanol–water partition coefficient (Wildman–Crippen LogP) is 3.09. The second kappa shape index (κ2) is 8.48. The predicted molar refractivity (Wildman–Crippen MR) is 103 cm³/mol. The average Bonchev–Trinajstić information content (AvgIpc) is 2.72. The molecule has 148 valence electrons. The van der Waals surface area contributed by atoms with Gasteiger partial charge < -0.3 is 19.3 Å². The second-order valence-corrected chi connectivity index (χ2v) is 6.63. The van der Waals surface area contributed by atoms with E-state index in [0.717, 1.165) is 0 Å². The molecule has 0 unspecified atom stereocenters. The third kappa shape index (κ3) is 3.75. The summed E-state index contributed by atoms with van der Waals surface area (Å²) in [7, 11) is 2.97. The summed E-state index contributed by atoms with van der Waals surface area (Å²) in [6.07, 6.45) is 0. The van der Waals surface area contributed by atoms with E-state index in [0.29, 0.717) is 30.2 Å². The first-order chi connectivity index (χ1) is 13.5. The van der Waals surface area contributed by atoms with Crippen LogP contribution in [0.3, 0.4) is 0 Å². The molecule has 0 aromatic heterocycles. The van der Waals surface area contributed by atoms with Gasteiger partial charge in [0.25, 0.3) is 11.8 Å². The van der Waals surface area contributed by atoms with Crippen LogP contribution in [0.2, 0.25) is 5.02 Å². The molecule has 0 spiro atoms. The number of rotatable bonds is 4. The smallest absolute Gasteiger partial charge is 0.261 e. The van der Waals surface area contributed by atoms with Gasteiger partial charge in [-0.1, -0.05) is 23.7 Å². The molecule has 1 aliphatic heterocycles. The number of nitrogens with zero attached hydrogens (tertiary/aromatic N) is 2. The number of piperazine rings is 1. The first-order valence-electron chi connectivity index (χ1n) is 8.71. The summed E-state index contributed by atoms with van der Waals surface area (Å²) in [4.78, 5) is 28.8. The van der Waals surface area contributed by atoms with E-state index in [1.54, 1.807) is 23.1 Å². The van der Waals surface area contributed by atoms with Gasteiger partial charge in [0.2, 0.25) is 0 Å². The first kappa shape index (κ1) is 19.9. The Labute approximate surface area is 167 Å². The van der Waals surface area contributed by atoms with Gasteiger partial charge in [-0.2, -0.15) is 0 Å². The third-order valence-electron chi connectivity index (χ3n) is 4.67. The van der Waals surface area contributed by atoms with Crippen molar-refractivity contribution in [1.29, 1.82) is 0 Å².